The van der Waals surface area contributed by atoms with Gasteiger partial charge < -0.3 is 9.32 Å². The Hall–Kier alpha value is -7.94. The van der Waals surface area contributed by atoms with Crippen LogP contribution in [0.2, 0.25) is 0 Å². The summed E-state index contributed by atoms with van der Waals surface area (Å²) >= 11 is 0. The Kier molecular flexibility index (Phi) is 7.26. The molecule has 10 aromatic carbocycles. The van der Waals surface area contributed by atoms with Crippen LogP contribution >= 0.6 is 0 Å². The first-order valence-corrected chi connectivity index (χ1v) is 21.1. The van der Waals surface area contributed by atoms with Gasteiger partial charge in [0.15, 0.2) is 5.58 Å². The van der Waals surface area contributed by atoms with Gasteiger partial charge in [0.1, 0.15) is 5.58 Å². The van der Waals surface area contributed by atoms with Crippen LogP contribution in [0.25, 0.3) is 77.2 Å². The largest absolute Gasteiger partial charge is 0.454 e. The molecule has 0 saturated carbocycles. The first-order valence-electron chi connectivity index (χ1n) is 21.1. The van der Waals surface area contributed by atoms with Crippen LogP contribution in [-0.2, 0) is 5.41 Å². The number of furan rings is 1. The third-order valence-corrected chi connectivity index (χ3v) is 13.3. The Labute approximate surface area is 354 Å². The van der Waals surface area contributed by atoms with Gasteiger partial charge >= 0.3 is 0 Å². The van der Waals surface area contributed by atoms with Crippen molar-refractivity contribution in [2.24, 2.45) is 0 Å². The van der Waals surface area contributed by atoms with E-state index < -0.39 is 5.41 Å². The fourth-order valence-corrected chi connectivity index (χ4v) is 10.7. The normalized spacial score (nSPS) is 14.6. The van der Waals surface area contributed by atoms with E-state index in [1.54, 1.807) is 0 Å². The SMILES string of the molecule is c1ccc(-c2ccc(N(c3ccc4c(c3)C3(c5ccccc5-c5ccccc5-4)c4ccccc4-c4cc5ccccc5cc43)c3cccc4c3oc3ccccc34)cc2)cc1. The minimum absolute atomic E-state index is 0.634. The number of hydrogen-bond donors (Lipinski definition) is 0. The van der Waals surface area contributed by atoms with Crippen molar-refractivity contribution in [1.82, 2.24) is 0 Å². The molecular formula is C59H37NO. The number of nitrogens with zero attached hydrogens (tertiary/aromatic N) is 1. The Morgan fingerprint density at radius 2 is 0.869 bits per heavy atom. The lowest BCUT2D eigenvalue weighted by Crippen LogP contribution is -2.29. The summed E-state index contributed by atoms with van der Waals surface area (Å²) in [5.41, 5.74) is 19.3. The molecule has 0 amide bonds. The van der Waals surface area contributed by atoms with E-state index in [-0.39, 0.29) is 0 Å². The Balaban J connectivity index is 1.15. The zero-order chi connectivity index (χ0) is 40.1. The van der Waals surface area contributed by atoms with Crippen molar-refractivity contribution in [3.05, 3.63) is 247 Å². The second-order valence-electron chi connectivity index (χ2n) is 16.4. The standard InChI is InChI=1S/C59H37NO/c1-2-15-38(16-3-1)39-29-31-42(32-30-39)60(56-27-14-24-50-49-23-10-13-28-57(49)61-58(50)56)43-33-34-48-45-20-7-6-19-44(45)46-21-8-11-25-52(46)59(55(48)37-43)53-26-12-9-22-47(53)51-35-40-17-4-5-18-41(40)36-54(51)59/h1-37H. The van der Waals surface area contributed by atoms with Crippen LogP contribution in [0.15, 0.2) is 229 Å². The van der Waals surface area contributed by atoms with Crippen molar-refractivity contribution >= 4 is 49.8 Å². The fraction of sp³-hybridized carbons (Fsp3) is 0.0169. The topological polar surface area (TPSA) is 16.4 Å². The third-order valence-electron chi connectivity index (χ3n) is 13.3. The lowest BCUT2D eigenvalue weighted by molar-refractivity contribution is 0.669. The van der Waals surface area contributed by atoms with Crippen molar-refractivity contribution < 1.29 is 4.42 Å². The minimum Gasteiger partial charge on any atom is -0.454 e. The van der Waals surface area contributed by atoms with E-state index in [4.69, 9.17) is 4.42 Å². The zero-order valence-electron chi connectivity index (χ0n) is 33.2. The molecule has 2 heteroatoms. The molecule has 0 N–H and O–H groups in total. The predicted molar refractivity (Wildman–Crippen MR) is 253 cm³/mol. The smallest absolute Gasteiger partial charge is 0.159 e. The first kappa shape index (κ1) is 34.0. The Bertz CT molecular complexity index is 3540. The summed E-state index contributed by atoms with van der Waals surface area (Å²) < 4.78 is 6.81. The third kappa shape index (κ3) is 4.85. The molecule has 1 unspecified atom stereocenters. The maximum absolute atomic E-state index is 6.81. The molecule has 0 aliphatic heterocycles. The summed E-state index contributed by atoms with van der Waals surface area (Å²) in [7, 11) is 0. The number of rotatable bonds is 4. The van der Waals surface area contributed by atoms with Crippen LogP contribution in [0.3, 0.4) is 0 Å². The maximum atomic E-state index is 6.81. The van der Waals surface area contributed by atoms with Gasteiger partial charge in [-0.3, -0.25) is 0 Å². The maximum Gasteiger partial charge on any atom is 0.159 e. The molecule has 2 aliphatic carbocycles. The molecule has 13 rings (SSSR count). The number of fused-ring (bicyclic) bond motifs is 16. The van der Waals surface area contributed by atoms with Crippen LogP contribution in [0.4, 0.5) is 17.1 Å². The van der Waals surface area contributed by atoms with Crippen molar-refractivity contribution in [3.8, 4) is 44.5 Å². The summed E-state index contributed by atoms with van der Waals surface area (Å²) in [6.07, 6.45) is 0. The van der Waals surface area contributed by atoms with Crippen LogP contribution in [0.5, 0.6) is 0 Å². The number of hydrogen-bond acceptors (Lipinski definition) is 2. The van der Waals surface area contributed by atoms with Gasteiger partial charge in [0.05, 0.1) is 11.1 Å². The molecule has 1 spiro atoms. The summed E-state index contributed by atoms with van der Waals surface area (Å²) in [5, 5.41) is 4.69. The fourth-order valence-electron chi connectivity index (χ4n) is 10.7. The van der Waals surface area contributed by atoms with Crippen molar-refractivity contribution in [2.45, 2.75) is 5.41 Å². The highest BCUT2D eigenvalue weighted by atomic mass is 16.3. The Morgan fingerprint density at radius 3 is 1.62 bits per heavy atom. The second kappa shape index (κ2) is 13.0. The van der Waals surface area contributed by atoms with Gasteiger partial charge in [0.25, 0.3) is 0 Å². The van der Waals surface area contributed by atoms with Gasteiger partial charge in [-0.1, -0.05) is 176 Å². The zero-order valence-corrected chi connectivity index (χ0v) is 33.2. The van der Waals surface area contributed by atoms with E-state index in [0.29, 0.717) is 0 Å². The van der Waals surface area contributed by atoms with Gasteiger partial charge in [-0.2, -0.15) is 0 Å². The highest BCUT2D eigenvalue weighted by Crippen LogP contribution is 2.62. The lowest BCUT2D eigenvalue weighted by atomic mass is 9.65. The van der Waals surface area contributed by atoms with Crippen LogP contribution < -0.4 is 4.90 Å². The van der Waals surface area contributed by atoms with E-state index in [2.05, 4.69) is 223 Å². The lowest BCUT2D eigenvalue weighted by Gasteiger charge is -2.36. The average molecular weight is 776 g/mol. The summed E-state index contributed by atoms with van der Waals surface area (Å²) in [6, 6.07) is 82.6. The van der Waals surface area contributed by atoms with Gasteiger partial charge in [-0.25, -0.2) is 0 Å². The minimum atomic E-state index is -0.634. The molecule has 2 nitrogen and oxygen atoms in total. The molecular weight excluding hydrogens is 739 g/mol. The first-order chi connectivity index (χ1) is 30.3. The molecule has 0 bridgehead atoms. The van der Waals surface area contributed by atoms with Gasteiger partial charge in [-0.05, 0) is 126 Å². The molecule has 1 atom stereocenters. The molecule has 0 fully saturated rings. The molecule has 0 saturated heterocycles. The molecule has 61 heavy (non-hydrogen) atoms. The molecule has 11 aromatic rings. The van der Waals surface area contributed by atoms with E-state index in [9.17, 15) is 0 Å². The highest BCUT2D eigenvalue weighted by molar-refractivity contribution is 6.10. The quantitative estimate of drug-likeness (QED) is 0.177. The van der Waals surface area contributed by atoms with E-state index in [1.807, 2.05) is 6.07 Å². The van der Waals surface area contributed by atoms with Crippen LogP contribution in [0, 0.1) is 0 Å². The second-order valence-corrected chi connectivity index (χ2v) is 16.4. The number of anilines is 3. The molecule has 0 radical (unpaired) electrons. The number of benzene rings is 10. The molecule has 1 heterocycles. The summed E-state index contributed by atoms with van der Waals surface area (Å²) in [4.78, 5) is 2.40. The van der Waals surface area contributed by atoms with Gasteiger partial charge in [-0.15, -0.1) is 0 Å². The molecule has 284 valence electrons. The summed E-state index contributed by atoms with van der Waals surface area (Å²) in [5.74, 6) is 0. The highest BCUT2D eigenvalue weighted by Gasteiger charge is 2.50. The summed E-state index contributed by atoms with van der Waals surface area (Å²) in [6.45, 7) is 0. The van der Waals surface area contributed by atoms with E-state index >= 15 is 0 Å². The average Bonchev–Trinajstić information content (AvgIpc) is 3.82. The van der Waals surface area contributed by atoms with E-state index in [0.717, 1.165) is 39.0 Å². The van der Waals surface area contributed by atoms with Crippen LogP contribution in [-0.4, -0.2) is 0 Å². The number of para-hydroxylation sites is 2. The molecule has 2 aliphatic rings. The Morgan fingerprint density at radius 1 is 0.328 bits per heavy atom. The van der Waals surface area contributed by atoms with E-state index in [1.165, 1.54) is 77.5 Å². The van der Waals surface area contributed by atoms with Crippen molar-refractivity contribution in [2.75, 3.05) is 4.90 Å². The monoisotopic (exact) mass is 775 g/mol. The van der Waals surface area contributed by atoms with Gasteiger partial charge in [0.2, 0.25) is 0 Å². The van der Waals surface area contributed by atoms with Crippen molar-refractivity contribution in [3.63, 3.8) is 0 Å². The predicted octanol–water partition coefficient (Wildman–Crippen LogP) is 15.9. The van der Waals surface area contributed by atoms with Crippen molar-refractivity contribution in [1.29, 1.82) is 0 Å². The van der Waals surface area contributed by atoms with Crippen LogP contribution in [0.1, 0.15) is 22.3 Å². The molecule has 1 aromatic heterocycles. The van der Waals surface area contributed by atoms with Gasteiger partial charge in [0, 0.05) is 22.1 Å².